The van der Waals surface area contributed by atoms with E-state index in [1.165, 1.54) is 24.4 Å². The van der Waals surface area contributed by atoms with Crippen LogP contribution in [0.5, 0.6) is 11.5 Å². The molecule has 0 bridgehead atoms. The number of nitrogens with zero attached hydrogens (tertiary/aromatic N) is 1. The summed E-state index contributed by atoms with van der Waals surface area (Å²) in [6, 6.07) is 9.21. The molecule has 27 heavy (non-hydrogen) atoms. The quantitative estimate of drug-likeness (QED) is 0.405. The van der Waals surface area contributed by atoms with Gasteiger partial charge in [0.15, 0.2) is 5.75 Å². The molecule has 0 N–H and O–H groups in total. The van der Waals surface area contributed by atoms with E-state index in [-0.39, 0.29) is 21.2 Å². The third-order valence-corrected chi connectivity index (χ3v) is 6.06. The molecule has 0 radical (unpaired) electrons. The number of hydrogen-bond donors (Lipinski definition) is 0. The van der Waals surface area contributed by atoms with E-state index in [9.17, 15) is 8.42 Å². The van der Waals surface area contributed by atoms with E-state index in [0.29, 0.717) is 27.2 Å². The molecule has 2 aromatic carbocycles. The molecule has 1 heterocycles. The molecular weight excluding hydrogens is 477 g/mol. The van der Waals surface area contributed by atoms with Gasteiger partial charge in [0.05, 0.1) is 21.1 Å². The molecular formula is C18H14BrCl2NO4S. The lowest BCUT2D eigenvalue weighted by Gasteiger charge is -2.13. The summed E-state index contributed by atoms with van der Waals surface area (Å²) in [4.78, 5) is 4.10. The number of hydrogen-bond acceptors (Lipinski definition) is 5. The van der Waals surface area contributed by atoms with Crippen LogP contribution in [-0.4, -0.2) is 20.0 Å². The number of rotatable bonds is 6. The van der Waals surface area contributed by atoms with Gasteiger partial charge < -0.3 is 8.92 Å². The molecule has 0 aliphatic rings. The van der Waals surface area contributed by atoms with Crippen LogP contribution in [0.15, 0.2) is 52.0 Å². The van der Waals surface area contributed by atoms with Crippen LogP contribution in [0.25, 0.3) is 10.9 Å². The predicted molar refractivity (Wildman–Crippen MR) is 110 cm³/mol. The zero-order valence-corrected chi connectivity index (χ0v) is 18.0. The third kappa shape index (κ3) is 4.32. The van der Waals surface area contributed by atoms with Crippen molar-refractivity contribution in [3.05, 3.63) is 57.1 Å². The summed E-state index contributed by atoms with van der Waals surface area (Å²) in [7, 11) is -4.17. The molecule has 0 atom stereocenters. The third-order valence-electron chi connectivity index (χ3n) is 3.60. The molecule has 0 saturated heterocycles. The van der Waals surface area contributed by atoms with Gasteiger partial charge in [0.2, 0.25) is 0 Å². The van der Waals surface area contributed by atoms with Gasteiger partial charge in [-0.05, 0) is 52.7 Å². The first-order valence-electron chi connectivity index (χ1n) is 7.93. The first kappa shape index (κ1) is 20.2. The van der Waals surface area contributed by atoms with Crippen molar-refractivity contribution in [3.8, 4) is 11.5 Å². The summed E-state index contributed by atoms with van der Waals surface area (Å²) in [6.07, 6.45) is 2.29. The lowest BCUT2D eigenvalue weighted by atomic mass is 10.2. The van der Waals surface area contributed by atoms with Crippen LogP contribution in [0.3, 0.4) is 0 Å². The molecule has 0 aliphatic heterocycles. The monoisotopic (exact) mass is 489 g/mol. The molecule has 0 spiro atoms. The summed E-state index contributed by atoms with van der Waals surface area (Å²) >= 11 is 15.7. The van der Waals surface area contributed by atoms with Gasteiger partial charge in [-0.3, -0.25) is 4.98 Å². The Labute approximate surface area is 175 Å². The number of pyridine rings is 1. The molecule has 9 heteroatoms. The van der Waals surface area contributed by atoms with Gasteiger partial charge in [0.25, 0.3) is 0 Å². The van der Waals surface area contributed by atoms with E-state index in [1.54, 1.807) is 18.2 Å². The Morgan fingerprint density at radius 1 is 1.15 bits per heavy atom. The van der Waals surface area contributed by atoms with Gasteiger partial charge >= 0.3 is 10.1 Å². The summed E-state index contributed by atoms with van der Waals surface area (Å²) in [5.74, 6) is 0.335. The first-order valence-corrected chi connectivity index (χ1v) is 10.9. The summed E-state index contributed by atoms with van der Waals surface area (Å²) in [5.41, 5.74) is 0.262. The van der Waals surface area contributed by atoms with Crippen LogP contribution >= 0.6 is 39.1 Å². The summed E-state index contributed by atoms with van der Waals surface area (Å²) < 4.78 is 37.2. The molecule has 142 valence electrons. The number of fused-ring (bicyclic) bond motifs is 1. The summed E-state index contributed by atoms with van der Waals surface area (Å²) in [5, 5.41) is 0.942. The predicted octanol–water partition coefficient (Wildman–Crippen LogP) is 5.86. The second-order valence-electron chi connectivity index (χ2n) is 5.55. The zero-order chi connectivity index (χ0) is 19.6. The number of benzene rings is 2. The molecule has 3 aromatic rings. The fourth-order valence-electron chi connectivity index (χ4n) is 2.35. The molecule has 3 rings (SSSR count). The second-order valence-corrected chi connectivity index (χ2v) is 8.76. The Morgan fingerprint density at radius 2 is 1.93 bits per heavy atom. The molecule has 1 aromatic heterocycles. The van der Waals surface area contributed by atoms with Gasteiger partial charge in [0, 0.05) is 17.6 Å². The van der Waals surface area contributed by atoms with E-state index in [2.05, 4.69) is 20.9 Å². The Balaban J connectivity index is 2.04. The van der Waals surface area contributed by atoms with Crippen LogP contribution in [0.4, 0.5) is 0 Å². The standard InChI is InChI=1S/C18H14BrCl2NO4S/c1-2-8-25-16-9-11(5-6-13(16)19)27(23,24)26-18-15(21)10-14(20)12-4-3-7-22-17(12)18/h3-7,9-10H,2,8H2,1H3. The van der Waals surface area contributed by atoms with Gasteiger partial charge in [-0.1, -0.05) is 30.1 Å². The maximum absolute atomic E-state index is 12.8. The van der Waals surface area contributed by atoms with Crippen LogP contribution in [0.1, 0.15) is 13.3 Å². The SMILES string of the molecule is CCCOc1cc(S(=O)(=O)Oc2c(Cl)cc(Cl)c3cccnc23)ccc1Br. The van der Waals surface area contributed by atoms with E-state index in [0.717, 1.165) is 6.42 Å². The van der Waals surface area contributed by atoms with Crippen molar-refractivity contribution in [3.63, 3.8) is 0 Å². The number of ether oxygens (including phenoxy) is 1. The van der Waals surface area contributed by atoms with Crippen molar-refractivity contribution in [2.75, 3.05) is 6.61 Å². The normalized spacial score (nSPS) is 11.6. The van der Waals surface area contributed by atoms with Crippen LogP contribution in [0, 0.1) is 0 Å². The van der Waals surface area contributed by atoms with Crippen LogP contribution < -0.4 is 8.92 Å². The minimum Gasteiger partial charge on any atom is -0.492 e. The zero-order valence-electron chi connectivity index (χ0n) is 14.1. The summed E-state index contributed by atoms with van der Waals surface area (Å²) in [6.45, 7) is 2.42. The van der Waals surface area contributed by atoms with Gasteiger partial charge in [-0.15, -0.1) is 0 Å². The molecule has 0 aliphatic carbocycles. The molecule has 0 unspecified atom stereocenters. The maximum atomic E-state index is 12.8. The Kier molecular flexibility index (Phi) is 6.15. The Bertz CT molecular complexity index is 1110. The second kappa shape index (κ2) is 8.22. The largest absolute Gasteiger partial charge is 0.492 e. The number of halogens is 3. The van der Waals surface area contributed by atoms with Crippen LogP contribution in [-0.2, 0) is 10.1 Å². The van der Waals surface area contributed by atoms with Crippen molar-refractivity contribution in [2.45, 2.75) is 18.2 Å². The fraction of sp³-hybridized carbons (Fsp3) is 0.167. The minimum atomic E-state index is -4.17. The minimum absolute atomic E-state index is 0.0503. The van der Waals surface area contributed by atoms with Gasteiger partial charge in [-0.2, -0.15) is 8.42 Å². The Hall–Kier alpha value is -1.54. The highest BCUT2D eigenvalue weighted by Gasteiger charge is 2.23. The van der Waals surface area contributed by atoms with E-state index in [4.69, 9.17) is 32.1 Å². The molecule has 0 amide bonds. The van der Waals surface area contributed by atoms with E-state index >= 15 is 0 Å². The van der Waals surface area contributed by atoms with Crippen molar-refractivity contribution in [1.82, 2.24) is 4.98 Å². The highest BCUT2D eigenvalue weighted by molar-refractivity contribution is 9.10. The smallest absolute Gasteiger partial charge is 0.339 e. The van der Waals surface area contributed by atoms with Crippen molar-refractivity contribution in [2.24, 2.45) is 0 Å². The maximum Gasteiger partial charge on any atom is 0.339 e. The molecule has 0 saturated carbocycles. The van der Waals surface area contributed by atoms with Crippen molar-refractivity contribution >= 4 is 60.2 Å². The molecule has 0 fully saturated rings. The van der Waals surface area contributed by atoms with Crippen molar-refractivity contribution in [1.29, 1.82) is 0 Å². The lowest BCUT2D eigenvalue weighted by Crippen LogP contribution is -2.11. The first-order chi connectivity index (χ1) is 12.8. The fourth-order valence-corrected chi connectivity index (χ4v) is 4.28. The van der Waals surface area contributed by atoms with E-state index < -0.39 is 10.1 Å². The van der Waals surface area contributed by atoms with Gasteiger partial charge in [0.1, 0.15) is 16.2 Å². The average Bonchev–Trinajstić information content (AvgIpc) is 2.64. The van der Waals surface area contributed by atoms with E-state index in [1.807, 2.05) is 6.92 Å². The van der Waals surface area contributed by atoms with Crippen molar-refractivity contribution < 1.29 is 17.3 Å². The van der Waals surface area contributed by atoms with Crippen LogP contribution in [0.2, 0.25) is 10.0 Å². The van der Waals surface area contributed by atoms with Gasteiger partial charge in [-0.25, -0.2) is 0 Å². The topological polar surface area (TPSA) is 65.5 Å². The highest BCUT2D eigenvalue weighted by atomic mass is 79.9. The number of aromatic nitrogens is 1. The Morgan fingerprint density at radius 3 is 2.67 bits per heavy atom. The highest BCUT2D eigenvalue weighted by Crippen LogP contribution is 2.39. The molecule has 5 nitrogen and oxygen atoms in total. The lowest BCUT2D eigenvalue weighted by molar-refractivity contribution is 0.314. The average molecular weight is 491 g/mol.